The first kappa shape index (κ1) is 15.7. The summed E-state index contributed by atoms with van der Waals surface area (Å²) in [7, 11) is 3.20. The first-order chi connectivity index (χ1) is 11.1. The Bertz CT molecular complexity index is 756. The minimum absolute atomic E-state index is 0.0933. The highest BCUT2D eigenvalue weighted by Gasteiger charge is 2.26. The molecule has 0 aliphatic carbocycles. The van der Waals surface area contributed by atoms with Crippen LogP contribution in [0.25, 0.3) is 6.08 Å². The average Bonchev–Trinajstić information content (AvgIpc) is 2.55. The second-order valence-corrected chi connectivity index (χ2v) is 5.71. The summed E-state index contributed by atoms with van der Waals surface area (Å²) < 4.78 is 24.9. The molecule has 0 radical (unpaired) electrons. The molecule has 5 heteroatoms. The molecule has 1 atom stereocenters. The lowest BCUT2D eigenvalue weighted by atomic mass is 9.96. The normalized spacial score (nSPS) is 16.2. The molecule has 1 unspecified atom stereocenters. The van der Waals surface area contributed by atoms with Gasteiger partial charge in [0.2, 0.25) is 0 Å². The monoisotopic (exact) mass is 333 g/mol. The van der Waals surface area contributed by atoms with E-state index in [0.717, 1.165) is 11.1 Å². The number of nitrogens with zero attached hydrogens (tertiary/aromatic N) is 1. The van der Waals surface area contributed by atoms with Crippen molar-refractivity contribution in [1.29, 1.82) is 0 Å². The molecule has 0 N–H and O–H groups in total. The lowest BCUT2D eigenvalue weighted by molar-refractivity contribution is 0.354. The molecule has 0 bridgehead atoms. The van der Waals surface area contributed by atoms with Crippen molar-refractivity contribution in [1.82, 2.24) is 0 Å². The van der Waals surface area contributed by atoms with Crippen LogP contribution in [0.3, 0.4) is 0 Å². The molecule has 3 rings (SSSR count). The van der Waals surface area contributed by atoms with Gasteiger partial charge in [-0.1, -0.05) is 17.7 Å². The Hall–Kier alpha value is -2.20. The van der Waals surface area contributed by atoms with Crippen LogP contribution in [-0.4, -0.2) is 14.2 Å². The predicted octanol–water partition coefficient (Wildman–Crippen LogP) is 5.05. The van der Waals surface area contributed by atoms with Crippen LogP contribution >= 0.6 is 11.6 Å². The molecular formula is C18H17ClFNO2. The van der Waals surface area contributed by atoms with Gasteiger partial charge in [0, 0.05) is 6.20 Å². The molecule has 120 valence electrons. The van der Waals surface area contributed by atoms with Crippen LogP contribution in [0.5, 0.6) is 11.5 Å². The third-order valence-corrected chi connectivity index (χ3v) is 4.37. The number of para-hydroxylation sites is 1. The Kier molecular flexibility index (Phi) is 4.18. The van der Waals surface area contributed by atoms with Crippen molar-refractivity contribution in [3.05, 3.63) is 58.5 Å². The maximum absolute atomic E-state index is 14.2. The number of anilines is 1. The Labute approximate surface area is 139 Å². The van der Waals surface area contributed by atoms with Crippen LogP contribution in [-0.2, 0) is 0 Å². The summed E-state index contributed by atoms with van der Waals surface area (Å²) in [5.74, 6) is 0.964. The first-order valence-corrected chi connectivity index (χ1v) is 7.61. The van der Waals surface area contributed by atoms with E-state index in [-0.39, 0.29) is 11.9 Å². The summed E-state index contributed by atoms with van der Waals surface area (Å²) in [4.78, 5) is 1.83. The first-order valence-electron chi connectivity index (χ1n) is 7.23. The van der Waals surface area contributed by atoms with E-state index in [1.807, 2.05) is 36.2 Å². The number of fused-ring (bicyclic) bond motifs is 1. The molecule has 0 fully saturated rings. The van der Waals surface area contributed by atoms with Crippen molar-refractivity contribution < 1.29 is 13.9 Å². The lowest BCUT2D eigenvalue weighted by Crippen LogP contribution is -2.25. The maximum atomic E-state index is 14.2. The molecule has 1 aliphatic rings. The Balaban J connectivity index is 2.10. The highest BCUT2D eigenvalue weighted by atomic mass is 35.5. The number of ether oxygens (including phenoxy) is 2. The second kappa shape index (κ2) is 6.13. The minimum Gasteiger partial charge on any atom is -0.493 e. The highest BCUT2D eigenvalue weighted by Crippen LogP contribution is 2.42. The number of methoxy groups -OCH3 is 2. The molecule has 3 nitrogen and oxygen atoms in total. The zero-order chi connectivity index (χ0) is 16.6. The van der Waals surface area contributed by atoms with E-state index in [9.17, 15) is 4.39 Å². The summed E-state index contributed by atoms with van der Waals surface area (Å²) in [5.41, 5.74) is 2.40. The van der Waals surface area contributed by atoms with Crippen LogP contribution in [0.15, 0.2) is 36.5 Å². The van der Waals surface area contributed by atoms with Crippen LogP contribution in [0.1, 0.15) is 24.1 Å². The van der Waals surface area contributed by atoms with Crippen molar-refractivity contribution >= 4 is 23.4 Å². The van der Waals surface area contributed by atoms with Crippen molar-refractivity contribution in [2.75, 3.05) is 19.1 Å². The van der Waals surface area contributed by atoms with Crippen LogP contribution in [0, 0.1) is 5.82 Å². The average molecular weight is 334 g/mol. The number of rotatable bonds is 3. The summed E-state index contributed by atoms with van der Waals surface area (Å²) >= 11 is 6.20. The van der Waals surface area contributed by atoms with Gasteiger partial charge in [-0.05, 0) is 48.4 Å². The standard InChI is InChI=1S/C18H17ClFNO2/c1-11-13-10-17(23-3)16(22-2)9-12(13)7-8-21(11)18-14(19)5-4-6-15(18)20/h4-11H,1-3H3. The smallest absolute Gasteiger partial charge is 0.161 e. The van der Waals surface area contributed by atoms with Gasteiger partial charge in [0.1, 0.15) is 5.82 Å². The zero-order valence-electron chi connectivity index (χ0n) is 13.1. The third kappa shape index (κ3) is 2.63. The Morgan fingerprint density at radius 2 is 1.83 bits per heavy atom. The molecule has 0 amide bonds. The van der Waals surface area contributed by atoms with E-state index in [0.29, 0.717) is 22.2 Å². The van der Waals surface area contributed by atoms with Crippen molar-refractivity contribution in [3.8, 4) is 11.5 Å². The van der Waals surface area contributed by atoms with E-state index >= 15 is 0 Å². The topological polar surface area (TPSA) is 21.7 Å². The maximum Gasteiger partial charge on any atom is 0.161 e. The summed E-state index contributed by atoms with van der Waals surface area (Å²) in [6.07, 6.45) is 3.75. The van der Waals surface area contributed by atoms with E-state index in [2.05, 4.69) is 0 Å². The van der Waals surface area contributed by atoms with Crippen LogP contribution < -0.4 is 14.4 Å². The molecular weight excluding hydrogens is 317 g/mol. The molecule has 1 aliphatic heterocycles. The molecule has 2 aromatic rings. The molecule has 2 aromatic carbocycles. The fourth-order valence-corrected chi connectivity index (χ4v) is 3.12. The molecule has 0 spiro atoms. The van der Waals surface area contributed by atoms with Gasteiger partial charge < -0.3 is 14.4 Å². The van der Waals surface area contributed by atoms with E-state index in [1.54, 1.807) is 26.4 Å². The van der Waals surface area contributed by atoms with Crippen molar-refractivity contribution in [2.24, 2.45) is 0 Å². The van der Waals surface area contributed by atoms with Gasteiger partial charge in [-0.3, -0.25) is 0 Å². The highest BCUT2D eigenvalue weighted by molar-refractivity contribution is 6.33. The van der Waals surface area contributed by atoms with Gasteiger partial charge >= 0.3 is 0 Å². The van der Waals surface area contributed by atoms with Gasteiger partial charge in [0.15, 0.2) is 11.5 Å². The SMILES string of the molecule is COc1cc2c(cc1OC)C(C)N(c1c(F)cccc1Cl)C=C2. The number of hydrogen-bond acceptors (Lipinski definition) is 3. The van der Waals surface area contributed by atoms with Gasteiger partial charge in [-0.2, -0.15) is 0 Å². The van der Waals surface area contributed by atoms with Crippen LogP contribution in [0.2, 0.25) is 5.02 Å². The quantitative estimate of drug-likeness (QED) is 0.784. The molecule has 0 aromatic heterocycles. The molecule has 23 heavy (non-hydrogen) atoms. The summed E-state index contributed by atoms with van der Waals surface area (Å²) in [6.45, 7) is 2.00. The fourth-order valence-electron chi connectivity index (χ4n) is 2.86. The van der Waals surface area contributed by atoms with Gasteiger partial charge in [-0.15, -0.1) is 0 Å². The number of halogens is 2. The fraction of sp³-hybridized carbons (Fsp3) is 0.222. The number of benzene rings is 2. The Morgan fingerprint density at radius 3 is 2.48 bits per heavy atom. The van der Waals surface area contributed by atoms with E-state index < -0.39 is 0 Å². The van der Waals surface area contributed by atoms with Crippen molar-refractivity contribution in [2.45, 2.75) is 13.0 Å². The summed E-state index contributed by atoms with van der Waals surface area (Å²) in [6, 6.07) is 8.44. The predicted molar refractivity (Wildman–Crippen MR) is 90.9 cm³/mol. The van der Waals surface area contributed by atoms with Crippen molar-refractivity contribution in [3.63, 3.8) is 0 Å². The van der Waals surface area contributed by atoms with E-state index in [1.165, 1.54) is 6.07 Å². The lowest BCUT2D eigenvalue weighted by Gasteiger charge is -2.33. The van der Waals surface area contributed by atoms with Gasteiger partial charge in [-0.25, -0.2) is 4.39 Å². The Morgan fingerprint density at radius 1 is 1.13 bits per heavy atom. The minimum atomic E-state index is -0.349. The second-order valence-electron chi connectivity index (χ2n) is 5.31. The molecule has 1 heterocycles. The number of hydrogen-bond donors (Lipinski definition) is 0. The van der Waals surface area contributed by atoms with Gasteiger partial charge in [0.25, 0.3) is 0 Å². The largest absolute Gasteiger partial charge is 0.493 e. The summed E-state index contributed by atoms with van der Waals surface area (Å²) in [5, 5.41) is 0.380. The molecule has 0 saturated heterocycles. The van der Waals surface area contributed by atoms with E-state index in [4.69, 9.17) is 21.1 Å². The molecule has 0 saturated carbocycles. The third-order valence-electron chi connectivity index (χ3n) is 4.07. The zero-order valence-corrected chi connectivity index (χ0v) is 13.9. The van der Waals surface area contributed by atoms with Crippen LogP contribution in [0.4, 0.5) is 10.1 Å². The van der Waals surface area contributed by atoms with Gasteiger partial charge in [0.05, 0.1) is 31.0 Å².